The average molecular weight is 277 g/mol. The molecule has 5 heteroatoms. The van der Waals surface area contributed by atoms with Gasteiger partial charge < -0.3 is 16.4 Å². The van der Waals surface area contributed by atoms with Crippen LogP contribution in [0.15, 0.2) is 24.3 Å². The number of aryl methyl sites for hydroxylation is 1. The van der Waals surface area contributed by atoms with E-state index in [4.69, 9.17) is 5.73 Å². The standard InChI is InChI=1S/C15H23N3O2/c1-10-7-5-6-8-11(10)17-12(14(16)20)9-13(19)18-15(2,3)4/h5-8,12,17H,9H2,1-4H3,(H2,16,20)(H,18,19). The molecule has 0 aliphatic rings. The number of hydrogen-bond acceptors (Lipinski definition) is 3. The smallest absolute Gasteiger partial charge is 0.240 e. The molecule has 1 aromatic rings. The van der Waals surface area contributed by atoms with Crippen molar-refractivity contribution in [1.29, 1.82) is 0 Å². The van der Waals surface area contributed by atoms with Gasteiger partial charge in [-0.1, -0.05) is 18.2 Å². The molecule has 0 radical (unpaired) electrons. The second-order valence-corrected chi connectivity index (χ2v) is 5.92. The molecular weight excluding hydrogens is 254 g/mol. The van der Waals surface area contributed by atoms with Crippen molar-refractivity contribution >= 4 is 17.5 Å². The molecule has 0 saturated carbocycles. The molecule has 20 heavy (non-hydrogen) atoms. The van der Waals surface area contributed by atoms with Gasteiger partial charge in [0.2, 0.25) is 11.8 Å². The Kier molecular flexibility index (Phi) is 5.13. The van der Waals surface area contributed by atoms with Crippen molar-refractivity contribution in [2.45, 2.75) is 45.7 Å². The predicted molar refractivity (Wildman–Crippen MR) is 80.3 cm³/mol. The summed E-state index contributed by atoms with van der Waals surface area (Å²) < 4.78 is 0. The summed E-state index contributed by atoms with van der Waals surface area (Å²) in [5, 5.41) is 5.85. The summed E-state index contributed by atoms with van der Waals surface area (Å²) in [4.78, 5) is 23.4. The average Bonchev–Trinajstić information content (AvgIpc) is 2.28. The highest BCUT2D eigenvalue weighted by Crippen LogP contribution is 2.15. The van der Waals surface area contributed by atoms with Crippen LogP contribution in [0.3, 0.4) is 0 Å². The molecule has 0 fully saturated rings. The van der Waals surface area contributed by atoms with Crippen molar-refractivity contribution < 1.29 is 9.59 Å². The van der Waals surface area contributed by atoms with Crippen LogP contribution in [-0.2, 0) is 9.59 Å². The van der Waals surface area contributed by atoms with Crippen LogP contribution in [0.4, 0.5) is 5.69 Å². The van der Waals surface area contributed by atoms with E-state index in [0.717, 1.165) is 11.3 Å². The van der Waals surface area contributed by atoms with E-state index in [1.807, 2.05) is 52.0 Å². The molecule has 0 heterocycles. The number of benzene rings is 1. The first-order valence-electron chi connectivity index (χ1n) is 6.61. The van der Waals surface area contributed by atoms with E-state index in [2.05, 4.69) is 10.6 Å². The predicted octanol–water partition coefficient (Wildman–Crippen LogP) is 1.57. The molecule has 0 spiro atoms. The number of amides is 2. The minimum Gasteiger partial charge on any atom is -0.373 e. The number of carbonyl (C=O) groups excluding carboxylic acids is 2. The Morgan fingerprint density at radius 3 is 2.35 bits per heavy atom. The van der Waals surface area contributed by atoms with Crippen LogP contribution < -0.4 is 16.4 Å². The second kappa shape index (κ2) is 6.41. The summed E-state index contributed by atoms with van der Waals surface area (Å²) in [7, 11) is 0. The van der Waals surface area contributed by atoms with Crippen molar-refractivity contribution in [1.82, 2.24) is 5.32 Å². The van der Waals surface area contributed by atoms with Gasteiger partial charge in [0.25, 0.3) is 0 Å². The number of para-hydroxylation sites is 1. The number of carbonyl (C=O) groups is 2. The molecule has 0 aromatic heterocycles. The van der Waals surface area contributed by atoms with E-state index in [9.17, 15) is 9.59 Å². The van der Waals surface area contributed by atoms with Crippen LogP contribution in [-0.4, -0.2) is 23.4 Å². The number of hydrogen-bond donors (Lipinski definition) is 3. The summed E-state index contributed by atoms with van der Waals surface area (Å²) in [6.45, 7) is 7.59. The van der Waals surface area contributed by atoms with E-state index < -0.39 is 11.9 Å². The Labute approximate surface area is 119 Å². The monoisotopic (exact) mass is 277 g/mol. The summed E-state index contributed by atoms with van der Waals surface area (Å²) in [5.74, 6) is -0.750. The Morgan fingerprint density at radius 1 is 1.25 bits per heavy atom. The van der Waals surface area contributed by atoms with Crippen LogP contribution in [0.25, 0.3) is 0 Å². The minimum absolute atomic E-state index is 0.0148. The topological polar surface area (TPSA) is 84.2 Å². The van der Waals surface area contributed by atoms with Crippen LogP contribution >= 0.6 is 0 Å². The first kappa shape index (κ1) is 16.0. The molecule has 1 atom stereocenters. The van der Waals surface area contributed by atoms with E-state index in [1.165, 1.54) is 0 Å². The summed E-state index contributed by atoms with van der Waals surface area (Å²) in [6, 6.07) is 6.83. The van der Waals surface area contributed by atoms with Gasteiger partial charge in [-0.2, -0.15) is 0 Å². The lowest BCUT2D eigenvalue weighted by atomic mass is 10.1. The summed E-state index contributed by atoms with van der Waals surface area (Å²) in [5.41, 5.74) is 6.83. The fourth-order valence-electron chi connectivity index (χ4n) is 1.80. The summed E-state index contributed by atoms with van der Waals surface area (Å²) >= 11 is 0. The lowest BCUT2D eigenvalue weighted by Crippen LogP contribution is -2.45. The number of anilines is 1. The van der Waals surface area contributed by atoms with Gasteiger partial charge in [0.1, 0.15) is 6.04 Å². The van der Waals surface area contributed by atoms with E-state index in [1.54, 1.807) is 0 Å². The number of primary amides is 1. The normalized spacial score (nSPS) is 12.6. The van der Waals surface area contributed by atoms with Gasteiger partial charge in [-0.25, -0.2) is 0 Å². The molecule has 4 N–H and O–H groups in total. The summed E-state index contributed by atoms with van der Waals surface area (Å²) in [6.07, 6.45) is 0.0148. The van der Waals surface area contributed by atoms with Gasteiger partial charge in [-0.05, 0) is 39.3 Å². The van der Waals surface area contributed by atoms with Crippen LogP contribution in [0.1, 0.15) is 32.8 Å². The zero-order valence-corrected chi connectivity index (χ0v) is 12.5. The van der Waals surface area contributed by atoms with Crippen LogP contribution in [0.5, 0.6) is 0 Å². The maximum absolute atomic E-state index is 11.9. The number of nitrogens with two attached hydrogens (primary N) is 1. The third-order valence-electron chi connectivity index (χ3n) is 2.72. The molecule has 1 unspecified atom stereocenters. The number of rotatable bonds is 5. The zero-order chi connectivity index (χ0) is 15.3. The largest absolute Gasteiger partial charge is 0.373 e. The molecule has 1 aromatic carbocycles. The fraction of sp³-hybridized carbons (Fsp3) is 0.467. The van der Waals surface area contributed by atoms with E-state index in [0.29, 0.717) is 0 Å². The molecule has 0 saturated heterocycles. The molecule has 0 aliphatic carbocycles. The SMILES string of the molecule is Cc1ccccc1NC(CC(=O)NC(C)(C)C)C(N)=O. The Bertz CT molecular complexity index is 492. The molecule has 110 valence electrons. The van der Waals surface area contributed by atoms with Crippen molar-refractivity contribution in [3.63, 3.8) is 0 Å². The molecule has 5 nitrogen and oxygen atoms in total. The van der Waals surface area contributed by atoms with Crippen molar-refractivity contribution in [2.75, 3.05) is 5.32 Å². The molecule has 2 amide bonds. The van der Waals surface area contributed by atoms with E-state index >= 15 is 0 Å². The number of nitrogens with one attached hydrogen (secondary N) is 2. The fourth-order valence-corrected chi connectivity index (χ4v) is 1.80. The Hall–Kier alpha value is -2.04. The van der Waals surface area contributed by atoms with Gasteiger partial charge in [-0.15, -0.1) is 0 Å². The highest BCUT2D eigenvalue weighted by Gasteiger charge is 2.22. The third-order valence-corrected chi connectivity index (χ3v) is 2.72. The Balaban J connectivity index is 2.74. The first-order chi connectivity index (χ1) is 9.19. The Morgan fingerprint density at radius 2 is 1.85 bits per heavy atom. The minimum atomic E-state index is -0.724. The molecular formula is C15H23N3O2. The van der Waals surface area contributed by atoms with Gasteiger partial charge in [0.15, 0.2) is 0 Å². The maximum atomic E-state index is 11.9. The third kappa shape index (κ3) is 5.30. The van der Waals surface area contributed by atoms with Crippen LogP contribution in [0, 0.1) is 6.92 Å². The van der Waals surface area contributed by atoms with Gasteiger partial charge in [-0.3, -0.25) is 9.59 Å². The zero-order valence-electron chi connectivity index (χ0n) is 12.5. The van der Waals surface area contributed by atoms with Crippen molar-refractivity contribution in [3.8, 4) is 0 Å². The maximum Gasteiger partial charge on any atom is 0.240 e. The lowest BCUT2D eigenvalue weighted by Gasteiger charge is -2.23. The van der Waals surface area contributed by atoms with Crippen molar-refractivity contribution in [2.24, 2.45) is 5.73 Å². The highest BCUT2D eigenvalue weighted by molar-refractivity contribution is 5.89. The van der Waals surface area contributed by atoms with Gasteiger partial charge >= 0.3 is 0 Å². The highest BCUT2D eigenvalue weighted by atomic mass is 16.2. The molecule has 0 aliphatic heterocycles. The van der Waals surface area contributed by atoms with Gasteiger partial charge in [0.05, 0.1) is 6.42 Å². The molecule has 1 rings (SSSR count). The second-order valence-electron chi connectivity index (χ2n) is 5.92. The van der Waals surface area contributed by atoms with Gasteiger partial charge in [0, 0.05) is 11.2 Å². The quantitative estimate of drug-likeness (QED) is 0.763. The van der Waals surface area contributed by atoms with E-state index in [-0.39, 0.29) is 17.9 Å². The van der Waals surface area contributed by atoms with Crippen molar-refractivity contribution in [3.05, 3.63) is 29.8 Å². The lowest BCUT2D eigenvalue weighted by molar-refractivity contribution is -0.126. The first-order valence-corrected chi connectivity index (χ1v) is 6.61. The van der Waals surface area contributed by atoms with Crippen LogP contribution in [0.2, 0.25) is 0 Å². The molecule has 0 bridgehead atoms.